The molecule has 0 bridgehead atoms. The topological polar surface area (TPSA) is 49.6 Å². The molecular weight excluding hydrogens is 250 g/mol. The zero-order valence-corrected chi connectivity index (χ0v) is 12.1. The normalized spacial score (nSPS) is 29.8. The molecule has 5 heteroatoms. The van der Waals surface area contributed by atoms with Gasteiger partial charge in [-0.2, -0.15) is 0 Å². The third kappa shape index (κ3) is 4.41. The molecule has 2 fully saturated rings. The number of likely N-dealkylation sites (tertiary alicyclic amines) is 2. The molecule has 1 amide bonds. The van der Waals surface area contributed by atoms with Crippen molar-refractivity contribution in [2.45, 2.75) is 38.6 Å². The van der Waals surface area contributed by atoms with Crippen LogP contribution in [0.5, 0.6) is 0 Å². The minimum Gasteiger partial charge on any atom is -0.341 e. The van der Waals surface area contributed by atoms with E-state index in [2.05, 4.69) is 11.8 Å². The summed E-state index contributed by atoms with van der Waals surface area (Å²) in [5.41, 5.74) is 5.93. The lowest BCUT2D eigenvalue weighted by molar-refractivity contribution is -0.134. The fourth-order valence-corrected chi connectivity index (χ4v) is 2.94. The Balaban J connectivity index is 0.00000162. The van der Waals surface area contributed by atoms with Gasteiger partial charge in [0.25, 0.3) is 0 Å². The van der Waals surface area contributed by atoms with Crippen molar-refractivity contribution in [3.05, 3.63) is 0 Å². The number of nitrogens with zero attached hydrogens (tertiary/aromatic N) is 2. The van der Waals surface area contributed by atoms with E-state index in [0.717, 1.165) is 45.4 Å². The van der Waals surface area contributed by atoms with Crippen LogP contribution in [0.3, 0.4) is 0 Å². The van der Waals surface area contributed by atoms with Gasteiger partial charge in [-0.3, -0.25) is 9.69 Å². The molecule has 0 aromatic rings. The minimum absolute atomic E-state index is 0. The summed E-state index contributed by atoms with van der Waals surface area (Å²) in [7, 11) is 0. The average molecular weight is 276 g/mol. The highest BCUT2D eigenvalue weighted by Gasteiger charge is 2.24. The number of carbonyl (C=O) groups excluding carboxylic acids is 1. The summed E-state index contributed by atoms with van der Waals surface area (Å²) in [4.78, 5) is 16.4. The van der Waals surface area contributed by atoms with Crippen LogP contribution in [0.2, 0.25) is 0 Å². The minimum atomic E-state index is 0. The summed E-state index contributed by atoms with van der Waals surface area (Å²) in [6, 6.07) is 0.261. The number of piperidine rings is 2. The second-order valence-electron chi connectivity index (χ2n) is 5.72. The van der Waals surface area contributed by atoms with Crippen molar-refractivity contribution in [2.24, 2.45) is 11.7 Å². The lowest BCUT2D eigenvalue weighted by atomic mass is 10.00. The number of amides is 1. The molecule has 2 atom stereocenters. The molecule has 2 heterocycles. The Bertz CT molecular complexity index is 275. The maximum Gasteiger partial charge on any atom is 0.236 e. The van der Waals surface area contributed by atoms with Crippen LogP contribution in [0.4, 0.5) is 0 Å². The molecule has 2 aliphatic heterocycles. The van der Waals surface area contributed by atoms with Gasteiger partial charge >= 0.3 is 0 Å². The van der Waals surface area contributed by atoms with Crippen molar-refractivity contribution >= 4 is 18.3 Å². The lowest BCUT2D eigenvalue weighted by Crippen LogP contribution is -2.49. The van der Waals surface area contributed by atoms with E-state index in [-0.39, 0.29) is 18.4 Å². The molecular formula is C13H26ClN3O. The molecule has 2 rings (SSSR count). The molecule has 2 saturated heterocycles. The van der Waals surface area contributed by atoms with E-state index in [1.165, 1.54) is 6.42 Å². The van der Waals surface area contributed by atoms with Gasteiger partial charge in [0.2, 0.25) is 5.91 Å². The van der Waals surface area contributed by atoms with Gasteiger partial charge in [-0.25, -0.2) is 0 Å². The van der Waals surface area contributed by atoms with Gasteiger partial charge in [0.15, 0.2) is 0 Å². The Labute approximate surface area is 116 Å². The zero-order chi connectivity index (χ0) is 12.3. The number of halogens is 1. The van der Waals surface area contributed by atoms with Crippen molar-refractivity contribution in [1.29, 1.82) is 0 Å². The predicted octanol–water partition coefficient (Wildman–Crippen LogP) is 1.09. The van der Waals surface area contributed by atoms with Crippen LogP contribution in [-0.4, -0.2) is 54.5 Å². The molecule has 0 aromatic heterocycles. The first-order valence-corrected chi connectivity index (χ1v) is 6.91. The Hall–Kier alpha value is -0.320. The number of carbonyl (C=O) groups is 1. The van der Waals surface area contributed by atoms with Crippen LogP contribution in [-0.2, 0) is 4.79 Å². The number of nitrogens with two attached hydrogens (primary N) is 1. The van der Waals surface area contributed by atoms with Gasteiger partial charge in [-0.05, 0) is 38.1 Å². The molecule has 0 aromatic carbocycles. The summed E-state index contributed by atoms with van der Waals surface area (Å²) in [5, 5.41) is 0. The Morgan fingerprint density at radius 2 is 1.94 bits per heavy atom. The molecule has 2 N–H and O–H groups in total. The maximum absolute atomic E-state index is 12.2. The van der Waals surface area contributed by atoms with E-state index in [4.69, 9.17) is 5.73 Å². The fraction of sp³-hybridized carbons (Fsp3) is 0.923. The summed E-state index contributed by atoms with van der Waals surface area (Å²) in [5.74, 6) is 0.960. The first kappa shape index (κ1) is 15.7. The van der Waals surface area contributed by atoms with Gasteiger partial charge in [0.05, 0.1) is 6.54 Å². The van der Waals surface area contributed by atoms with Gasteiger partial charge in [0.1, 0.15) is 0 Å². The van der Waals surface area contributed by atoms with E-state index < -0.39 is 0 Å². The number of hydrogen-bond donors (Lipinski definition) is 1. The van der Waals surface area contributed by atoms with Crippen molar-refractivity contribution in [3.63, 3.8) is 0 Å². The Morgan fingerprint density at radius 3 is 2.61 bits per heavy atom. The molecule has 18 heavy (non-hydrogen) atoms. The molecule has 0 radical (unpaired) electrons. The van der Waals surface area contributed by atoms with Crippen LogP contribution < -0.4 is 5.73 Å². The fourth-order valence-electron chi connectivity index (χ4n) is 2.94. The van der Waals surface area contributed by atoms with Crippen LogP contribution in [0, 0.1) is 5.92 Å². The molecule has 0 spiro atoms. The highest BCUT2D eigenvalue weighted by molar-refractivity contribution is 5.85. The third-order valence-corrected chi connectivity index (χ3v) is 3.91. The summed E-state index contributed by atoms with van der Waals surface area (Å²) in [6.45, 7) is 6.61. The van der Waals surface area contributed by atoms with Crippen molar-refractivity contribution in [3.8, 4) is 0 Å². The zero-order valence-electron chi connectivity index (χ0n) is 11.3. The number of rotatable bonds is 2. The maximum atomic E-state index is 12.2. The lowest BCUT2D eigenvalue weighted by Gasteiger charge is -2.35. The van der Waals surface area contributed by atoms with Crippen molar-refractivity contribution < 1.29 is 4.79 Å². The van der Waals surface area contributed by atoms with Crippen molar-refractivity contribution in [2.75, 3.05) is 32.7 Å². The van der Waals surface area contributed by atoms with Crippen LogP contribution >= 0.6 is 12.4 Å². The highest BCUT2D eigenvalue weighted by Crippen LogP contribution is 2.16. The van der Waals surface area contributed by atoms with E-state index in [9.17, 15) is 4.79 Å². The summed E-state index contributed by atoms with van der Waals surface area (Å²) >= 11 is 0. The summed E-state index contributed by atoms with van der Waals surface area (Å²) < 4.78 is 0. The first-order valence-electron chi connectivity index (χ1n) is 6.91. The summed E-state index contributed by atoms with van der Waals surface area (Å²) in [6.07, 6.45) is 4.65. The second kappa shape index (κ2) is 7.31. The molecule has 2 aliphatic rings. The van der Waals surface area contributed by atoms with E-state index in [1.54, 1.807) is 0 Å². The molecule has 4 nitrogen and oxygen atoms in total. The SMILES string of the molecule is CC1CCCN(C(=O)CN2CCCC(N)C2)C1.Cl. The average Bonchev–Trinajstić information content (AvgIpc) is 2.29. The third-order valence-electron chi connectivity index (χ3n) is 3.91. The van der Waals surface area contributed by atoms with Gasteiger partial charge < -0.3 is 10.6 Å². The monoisotopic (exact) mass is 275 g/mol. The van der Waals surface area contributed by atoms with Gasteiger partial charge in [-0.15, -0.1) is 12.4 Å². The van der Waals surface area contributed by atoms with E-state index in [0.29, 0.717) is 18.4 Å². The molecule has 0 saturated carbocycles. The second-order valence-corrected chi connectivity index (χ2v) is 5.72. The quantitative estimate of drug-likeness (QED) is 0.821. The molecule has 2 unspecified atom stereocenters. The van der Waals surface area contributed by atoms with Gasteiger partial charge in [0, 0.05) is 25.7 Å². The smallest absolute Gasteiger partial charge is 0.236 e. The van der Waals surface area contributed by atoms with Gasteiger partial charge in [-0.1, -0.05) is 6.92 Å². The Morgan fingerprint density at radius 1 is 1.22 bits per heavy atom. The highest BCUT2D eigenvalue weighted by atomic mass is 35.5. The van der Waals surface area contributed by atoms with Crippen LogP contribution in [0.1, 0.15) is 32.6 Å². The number of hydrogen-bond acceptors (Lipinski definition) is 3. The van der Waals surface area contributed by atoms with E-state index >= 15 is 0 Å². The Kier molecular flexibility index (Phi) is 6.39. The van der Waals surface area contributed by atoms with Crippen LogP contribution in [0.25, 0.3) is 0 Å². The standard InChI is InChI=1S/C13H25N3O.ClH/c1-11-4-2-7-16(8-11)13(17)10-15-6-3-5-12(14)9-15;/h11-12H,2-10,14H2,1H3;1H. The van der Waals surface area contributed by atoms with Crippen LogP contribution in [0.15, 0.2) is 0 Å². The van der Waals surface area contributed by atoms with E-state index in [1.807, 2.05) is 4.90 Å². The molecule has 0 aliphatic carbocycles. The van der Waals surface area contributed by atoms with Crippen molar-refractivity contribution in [1.82, 2.24) is 9.80 Å². The predicted molar refractivity (Wildman–Crippen MR) is 75.9 cm³/mol. The molecule has 106 valence electrons. The first-order chi connectivity index (χ1) is 8.15. The largest absolute Gasteiger partial charge is 0.341 e.